The van der Waals surface area contributed by atoms with Gasteiger partial charge in [0.15, 0.2) is 5.84 Å². The Hall–Kier alpha value is -2.38. The molecule has 0 amide bonds. The van der Waals surface area contributed by atoms with Gasteiger partial charge in [-0.1, -0.05) is 12.1 Å². The predicted molar refractivity (Wildman–Crippen MR) is 76.2 cm³/mol. The van der Waals surface area contributed by atoms with Crippen molar-refractivity contribution >= 4 is 17.3 Å². The van der Waals surface area contributed by atoms with Crippen LogP contribution < -0.4 is 10.6 Å². The van der Waals surface area contributed by atoms with E-state index in [-0.39, 0.29) is 23.1 Å². The van der Waals surface area contributed by atoms with Crippen LogP contribution in [-0.2, 0) is 0 Å². The minimum Gasteiger partial charge on any atom is -0.409 e. The standard InChI is InChI=1S/C12H19N5O3/c1-4-5-16(8(2)3)12-10(17(19)20)6-9(7-14-12)11(13)15-18/h6-8,18H,4-5H2,1-3H3,(H2,13,15). The summed E-state index contributed by atoms with van der Waals surface area (Å²) >= 11 is 0. The number of pyridine rings is 1. The monoisotopic (exact) mass is 281 g/mol. The van der Waals surface area contributed by atoms with Gasteiger partial charge >= 0.3 is 5.69 Å². The summed E-state index contributed by atoms with van der Waals surface area (Å²) < 4.78 is 0. The van der Waals surface area contributed by atoms with Crippen molar-refractivity contribution in [3.63, 3.8) is 0 Å². The minimum atomic E-state index is -0.512. The van der Waals surface area contributed by atoms with Crippen LogP contribution >= 0.6 is 0 Å². The molecular formula is C12H19N5O3. The minimum absolute atomic E-state index is 0.0795. The van der Waals surface area contributed by atoms with E-state index in [0.717, 1.165) is 6.42 Å². The highest BCUT2D eigenvalue weighted by molar-refractivity contribution is 5.97. The largest absolute Gasteiger partial charge is 0.409 e. The van der Waals surface area contributed by atoms with Crippen molar-refractivity contribution < 1.29 is 10.1 Å². The molecule has 1 aromatic heterocycles. The van der Waals surface area contributed by atoms with Crippen molar-refractivity contribution in [2.75, 3.05) is 11.4 Å². The summed E-state index contributed by atoms with van der Waals surface area (Å²) in [4.78, 5) is 16.7. The van der Waals surface area contributed by atoms with Crippen LogP contribution in [0.1, 0.15) is 32.8 Å². The van der Waals surface area contributed by atoms with Crippen LogP contribution in [0.15, 0.2) is 17.4 Å². The summed E-state index contributed by atoms with van der Waals surface area (Å²) in [5.74, 6) is 0.0834. The second-order valence-electron chi connectivity index (χ2n) is 4.60. The third-order valence-electron chi connectivity index (χ3n) is 2.81. The summed E-state index contributed by atoms with van der Waals surface area (Å²) in [6.45, 7) is 6.54. The lowest BCUT2D eigenvalue weighted by Gasteiger charge is -2.27. The van der Waals surface area contributed by atoms with E-state index in [0.29, 0.717) is 12.4 Å². The van der Waals surface area contributed by atoms with Crippen molar-refractivity contribution in [3.8, 4) is 0 Å². The number of hydrogen-bond acceptors (Lipinski definition) is 6. The number of nitrogens with two attached hydrogens (primary N) is 1. The Labute approximate surface area is 117 Å². The van der Waals surface area contributed by atoms with Crippen LogP contribution in [0.4, 0.5) is 11.5 Å². The third-order valence-corrected chi connectivity index (χ3v) is 2.81. The molecule has 8 nitrogen and oxygen atoms in total. The van der Waals surface area contributed by atoms with Crippen LogP contribution in [0, 0.1) is 10.1 Å². The molecule has 0 saturated heterocycles. The SMILES string of the molecule is CCCN(c1ncc(C(N)=NO)cc1[N+](=O)[O-])C(C)C. The first-order chi connectivity index (χ1) is 9.42. The molecule has 0 radical (unpaired) electrons. The molecule has 0 aliphatic carbocycles. The Balaban J connectivity index is 3.35. The highest BCUT2D eigenvalue weighted by atomic mass is 16.6. The third kappa shape index (κ3) is 3.34. The maximum Gasteiger partial charge on any atom is 0.312 e. The van der Waals surface area contributed by atoms with E-state index in [1.54, 1.807) is 0 Å². The van der Waals surface area contributed by atoms with E-state index in [1.165, 1.54) is 12.3 Å². The lowest BCUT2D eigenvalue weighted by atomic mass is 10.2. The molecule has 20 heavy (non-hydrogen) atoms. The van der Waals surface area contributed by atoms with E-state index in [9.17, 15) is 10.1 Å². The molecule has 0 aliphatic heterocycles. The highest BCUT2D eigenvalue weighted by Crippen LogP contribution is 2.28. The van der Waals surface area contributed by atoms with Gasteiger partial charge in [-0.3, -0.25) is 10.1 Å². The number of aromatic nitrogens is 1. The first kappa shape index (κ1) is 15.7. The molecular weight excluding hydrogens is 262 g/mol. The van der Waals surface area contributed by atoms with Crippen molar-refractivity contribution in [3.05, 3.63) is 27.9 Å². The quantitative estimate of drug-likeness (QED) is 0.269. The molecule has 0 bridgehead atoms. The molecule has 0 aromatic carbocycles. The lowest BCUT2D eigenvalue weighted by Crippen LogP contribution is -2.33. The van der Waals surface area contributed by atoms with Gasteiger partial charge in [0.1, 0.15) is 0 Å². The van der Waals surface area contributed by atoms with Crippen molar-refractivity contribution in [2.45, 2.75) is 33.2 Å². The number of hydrogen-bond donors (Lipinski definition) is 2. The zero-order valence-electron chi connectivity index (χ0n) is 11.8. The van der Waals surface area contributed by atoms with Gasteiger partial charge in [-0.05, 0) is 20.3 Å². The summed E-state index contributed by atoms with van der Waals surface area (Å²) in [6.07, 6.45) is 2.21. The Bertz CT molecular complexity index is 516. The number of rotatable bonds is 6. The average molecular weight is 281 g/mol. The first-order valence-electron chi connectivity index (χ1n) is 6.31. The molecule has 1 heterocycles. The van der Waals surface area contributed by atoms with Crippen LogP contribution in [0.5, 0.6) is 0 Å². The Morgan fingerprint density at radius 1 is 1.65 bits per heavy atom. The summed E-state index contributed by atoms with van der Waals surface area (Å²) in [6, 6.07) is 1.35. The van der Waals surface area contributed by atoms with Gasteiger partial charge in [-0.25, -0.2) is 4.98 Å². The predicted octanol–water partition coefficient (Wildman–Crippen LogP) is 1.71. The Morgan fingerprint density at radius 3 is 2.75 bits per heavy atom. The van der Waals surface area contributed by atoms with Crippen LogP contribution in [0.25, 0.3) is 0 Å². The van der Waals surface area contributed by atoms with E-state index in [1.807, 2.05) is 25.7 Å². The lowest BCUT2D eigenvalue weighted by molar-refractivity contribution is -0.384. The second kappa shape index (κ2) is 6.69. The number of amidine groups is 1. The molecule has 110 valence electrons. The van der Waals surface area contributed by atoms with Crippen LogP contribution in [0.3, 0.4) is 0 Å². The van der Waals surface area contributed by atoms with Gasteiger partial charge in [0.25, 0.3) is 0 Å². The van der Waals surface area contributed by atoms with Gasteiger partial charge in [0.2, 0.25) is 5.82 Å². The van der Waals surface area contributed by atoms with Gasteiger partial charge in [-0.2, -0.15) is 0 Å². The average Bonchev–Trinajstić information content (AvgIpc) is 2.42. The fourth-order valence-corrected chi connectivity index (χ4v) is 1.85. The zero-order valence-corrected chi connectivity index (χ0v) is 11.8. The van der Waals surface area contributed by atoms with Crippen molar-refractivity contribution in [1.82, 2.24) is 4.98 Å². The summed E-state index contributed by atoms with van der Waals surface area (Å²) in [5, 5.41) is 22.7. The molecule has 1 rings (SSSR count). The summed E-state index contributed by atoms with van der Waals surface area (Å²) in [5.41, 5.74) is 5.49. The van der Waals surface area contributed by atoms with Crippen molar-refractivity contribution in [1.29, 1.82) is 0 Å². The highest BCUT2D eigenvalue weighted by Gasteiger charge is 2.24. The molecule has 8 heteroatoms. The van der Waals surface area contributed by atoms with E-state index >= 15 is 0 Å². The molecule has 0 unspecified atom stereocenters. The normalized spacial score (nSPS) is 11.7. The fraction of sp³-hybridized carbons (Fsp3) is 0.500. The molecule has 0 saturated carbocycles. The Morgan fingerprint density at radius 2 is 2.30 bits per heavy atom. The summed E-state index contributed by atoms with van der Waals surface area (Å²) in [7, 11) is 0. The molecule has 0 atom stereocenters. The van der Waals surface area contributed by atoms with Crippen molar-refractivity contribution in [2.24, 2.45) is 10.9 Å². The maximum absolute atomic E-state index is 11.2. The topological polar surface area (TPSA) is 118 Å². The van der Waals surface area contributed by atoms with Crippen LogP contribution in [0.2, 0.25) is 0 Å². The molecule has 0 spiro atoms. The van der Waals surface area contributed by atoms with Gasteiger partial charge in [0, 0.05) is 30.4 Å². The zero-order chi connectivity index (χ0) is 15.3. The number of nitro groups is 1. The van der Waals surface area contributed by atoms with E-state index < -0.39 is 4.92 Å². The number of nitrogens with zero attached hydrogens (tertiary/aromatic N) is 4. The van der Waals surface area contributed by atoms with Crippen LogP contribution in [-0.4, -0.2) is 33.5 Å². The van der Waals surface area contributed by atoms with E-state index in [4.69, 9.17) is 10.9 Å². The maximum atomic E-state index is 11.2. The second-order valence-corrected chi connectivity index (χ2v) is 4.60. The van der Waals surface area contributed by atoms with E-state index in [2.05, 4.69) is 10.1 Å². The molecule has 0 aliphatic rings. The number of anilines is 1. The Kier molecular flexibility index (Phi) is 5.24. The molecule has 0 fully saturated rings. The molecule has 1 aromatic rings. The van der Waals surface area contributed by atoms with Gasteiger partial charge < -0.3 is 15.8 Å². The van der Waals surface area contributed by atoms with Gasteiger partial charge in [-0.15, -0.1) is 0 Å². The van der Waals surface area contributed by atoms with Gasteiger partial charge in [0.05, 0.1) is 4.92 Å². The smallest absolute Gasteiger partial charge is 0.312 e. The number of oxime groups is 1. The fourth-order valence-electron chi connectivity index (χ4n) is 1.85. The molecule has 3 N–H and O–H groups in total. The first-order valence-corrected chi connectivity index (χ1v) is 6.31.